The zero-order valence-corrected chi connectivity index (χ0v) is 12.6. The lowest BCUT2D eigenvalue weighted by Crippen LogP contribution is -2.09. The molecule has 0 saturated carbocycles. The molecule has 3 rings (SSSR count). The molecule has 0 atom stereocenters. The lowest BCUT2D eigenvalue weighted by molar-refractivity contribution is -0.115. The molecule has 0 aliphatic carbocycles. The van der Waals surface area contributed by atoms with Crippen LogP contribution in [0.5, 0.6) is 0 Å². The fourth-order valence-corrected chi connectivity index (χ4v) is 2.83. The van der Waals surface area contributed by atoms with Crippen LogP contribution in [0.25, 0.3) is 15.5 Å². The van der Waals surface area contributed by atoms with Crippen molar-refractivity contribution in [1.29, 1.82) is 0 Å². The first-order valence-corrected chi connectivity index (χ1v) is 7.64. The van der Waals surface area contributed by atoms with Crippen LogP contribution in [0.1, 0.15) is 26.1 Å². The maximum Gasteiger partial charge on any atom is 0.234 e. The van der Waals surface area contributed by atoms with Crippen molar-refractivity contribution in [3.8, 4) is 10.6 Å². The number of anilines is 1. The zero-order valence-electron chi connectivity index (χ0n) is 11.8. The maximum absolute atomic E-state index is 11.5. The molecule has 3 aromatic rings. The minimum absolute atomic E-state index is 0.00133. The predicted octanol–water partition coefficient (Wildman–Crippen LogP) is 2.76. The summed E-state index contributed by atoms with van der Waals surface area (Å²) in [6.07, 6.45) is 1.25. The van der Waals surface area contributed by atoms with Gasteiger partial charge in [-0.25, -0.2) is 0 Å². The second kappa shape index (κ2) is 5.61. The highest BCUT2D eigenvalue weighted by atomic mass is 32.1. The summed E-state index contributed by atoms with van der Waals surface area (Å²) in [6, 6.07) is 7.67. The smallest absolute Gasteiger partial charge is 0.234 e. The highest BCUT2D eigenvalue weighted by Crippen LogP contribution is 2.27. The topological polar surface area (TPSA) is 72.2 Å². The molecule has 7 heteroatoms. The highest BCUT2D eigenvalue weighted by Gasteiger charge is 2.12. The molecule has 0 radical (unpaired) electrons. The monoisotopic (exact) mass is 301 g/mol. The van der Waals surface area contributed by atoms with Gasteiger partial charge in [0.2, 0.25) is 10.9 Å². The van der Waals surface area contributed by atoms with Gasteiger partial charge in [0.15, 0.2) is 5.82 Å². The van der Waals surface area contributed by atoms with E-state index in [1.165, 1.54) is 11.3 Å². The number of aromatic nitrogens is 4. The first kappa shape index (κ1) is 13.7. The summed E-state index contributed by atoms with van der Waals surface area (Å²) < 4.78 is 1.78. The van der Waals surface area contributed by atoms with Gasteiger partial charge < -0.3 is 5.32 Å². The van der Waals surface area contributed by atoms with Gasteiger partial charge >= 0.3 is 0 Å². The molecule has 2 aromatic heterocycles. The fraction of sp³-hybridized carbons (Fsp3) is 0.286. The normalized spacial score (nSPS) is 11.0. The van der Waals surface area contributed by atoms with Gasteiger partial charge in [0.1, 0.15) is 5.01 Å². The number of aryl methyl sites for hydroxylation is 1. The Balaban J connectivity index is 1.96. The largest absolute Gasteiger partial charge is 0.326 e. The van der Waals surface area contributed by atoms with Gasteiger partial charge in [-0.05, 0) is 12.1 Å². The van der Waals surface area contributed by atoms with Crippen molar-refractivity contribution in [3.05, 3.63) is 30.1 Å². The molecule has 0 bridgehead atoms. The third-order valence-electron chi connectivity index (χ3n) is 3.09. The zero-order chi connectivity index (χ0) is 14.8. The molecule has 108 valence electrons. The molecule has 1 aromatic carbocycles. The first-order valence-electron chi connectivity index (χ1n) is 6.82. The van der Waals surface area contributed by atoms with E-state index in [1.54, 1.807) is 4.52 Å². The Morgan fingerprint density at radius 1 is 1.33 bits per heavy atom. The van der Waals surface area contributed by atoms with Crippen molar-refractivity contribution in [1.82, 2.24) is 19.8 Å². The van der Waals surface area contributed by atoms with Crippen molar-refractivity contribution in [3.63, 3.8) is 0 Å². The van der Waals surface area contributed by atoms with Gasteiger partial charge in [-0.1, -0.05) is 37.3 Å². The van der Waals surface area contributed by atoms with Crippen LogP contribution < -0.4 is 5.32 Å². The quantitative estimate of drug-likeness (QED) is 0.804. The lowest BCUT2D eigenvalue weighted by Gasteiger charge is -2.04. The first-order chi connectivity index (χ1) is 10.2. The van der Waals surface area contributed by atoms with E-state index in [1.807, 2.05) is 38.1 Å². The van der Waals surface area contributed by atoms with E-state index in [4.69, 9.17) is 0 Å². The van der Waals surface area contributed by atoms with Crippen LogP contribution in [0.4, 0.5) is 5.69 Å². The van der Waals surface area contributed by atoms with Crippen LogP contribution in [0.2, 0.25) is 0 Å². The molecule has 0 fully saturated rings. The van der Waals surface area contributed by atoms with Crippen LogP contribution in [0, 0.1) is 0 Å². The van der Waals surface area contributed by atoms with Gasteiger partial charge in [0.25, 0.3) is 0 Å². The van der Waals surface area contributed by atoms with Gasteiger partial charge in [-0.15, -0.1) is 10.2 Å². The number of hydrogen-bond donors (Lipinski definition) is 1. The Morgan fingerprint density at radius 3 is 2.95 bits per heavy atom. The number of nitrogens with one attached hydrogen (secondary N) is 1. The minimum atomic E-state index is -0.00133. The third kappa shape index (κ3) is 2.64. The molecule has 2 heterocycles. The molecule has 0 saturated heterocycles. The number of carbonyl (C=O) groups is 1. The van der Waals surface area contributed by atoms with E-state index in [0.717, 1.165) is 33.5 Å². The number of carbonyl (C=O) groups excluding carboxylic acids is 1. The van der Waals surface area contributed by atoms with Gasteiger partial charge in [0, 0.05) is 24.1 Å². The standard InChI is InChI=1S/C14H15N5OS/c1-3-11-16-17-14-19(11)18-13(21-14)9-6-5-7-10(8-9)15-12(20)4-2/h5-8H,3-4H2,1-2H3,(H,15,20). The van der Waals surface area contributed by atoms with Gasteiger partial charge in [-0.2, -0.15) is 9.61 Å². The Hall–Kier alpha value is -2.28. The molecule has 1 N–H and O–H groups in total. The molecule has 0 aliphatic rings. The van der Waals surface area contributed by atoms with Crippen LogP contribution in [-0.4, -0.2) is 25.7 Å². The van der Waals surface area contributed by atoms with Crippen molar-refractivity contribution in [2.45, 2.75) is 26.7 Å². The van der Waals surface area contributed by atoms with E-state index in [9.17, 15) is 4.79 Å². The molecule has 6 nitrogen and oxygen atoms in total. The van der Waals surface area contributed by atoms with Gasteiger partial charge in [-0.3, -0.25) is 4.79 Å². The SMILES string of the molecule is CCC(=O)Nc1cccc(-c2nn3c(CC)nnc3s2)c1. The molecule has 0 aliphatic heterocycles. The van der Waals surface area contributed by atoms with Crippen LogP contribution >= 0.6 is 11.3 Å². The van der Waals surface area contributed by atoms with Gasteiger partial charge in [0.05, 0.1) is 0 Å². The second-order valence-electron chi connectivity index (χ2n) is 4.55. The summed E-state index contributed by atoms with van der Waals surface area (Å²) in [5.41, 5.74) is 1.74. The van der Waals surface area contributed by atoms with E-state index in [2.05, 4.69) is 20.6 Å². The number of amides is 1. The number of benzene rings is 1. The molecule has 0 unspecified atom stereocenters. The molecule has 21 heavy (non-hydrogen) atoms. The van der Waals surface area contributed by atoms with Crippen molar-refractivity contribution >= 4 is 27.9 Å². The molecule has 0 spiro atoms. The molecular formula is C14H15N5OS. The summed E-state index contributed by atoms with van der Waals surface area (Å²) in [4.78, 5) is 12.2. The lowest BCUT2D eigenvalue weighted by atomic mass is 10.2. The molecular weight excluding hydrogens is 286 g/mol. The summed E-state index contributed by atoms with van der Waals surface area (Å²) in [7, 11) is 0. The van der Waals surface area contributed by atoms with Crippen molar-refractivity contribution in [2.75, 3.05) is 5.32 Å². The predicted molar refractivity (Wildman–Crippen MR) is 82.4 cm³/mol. The number of hydrogen-bond acceptors (Lipinski definition) is 5. The van der Waals surface area contributed by atoms with E-state index >= 15 is 0 Å². The van der Waals surface area contributed by atoms with Crippen LogP contribution in [0.3, 0.4) is 0 Å². The van der Waals surface area contributed by atoms with Crippen molar-refractivity contribution < 1.29 is 4.79 Å². The van der Waals surface area contributed by atoms with Crippen molar-refractivity contribution in [2.24, 2.45) is 0 Å². The van der Waals surface area contributed by atoms with Crippen LogP contribution in [-0.2, 0) is 11.2 Å². The Kier molecular flexibility index (Phi) is 3.66. The van der Waals surface area contributed by atoms with Crippen LogP contribution in [0.15, 0.2) is 24.3 Å². The minimum Gasteiger partial charge on any atom is -0.326 e. The highest BCUT2D eigenvalue weighted by molar-refractivity contribution is 7.19. The Labute approximate surface area is 125 Å². The van der Waals surface area contributed by atoms with E-state index in [-0.39, 0.29) is 5.91 Å². The average Bonchev–Trinajstić information content (AvgIpc) is 3.07. The van der Waals surface area contributed by atoms with E-state index in [0.29, 0.717) is 6.42 Å². The fourth-order valence-electron chi connectivity index (χ4n) is 1.97. The third-order valence-corrected chi connectivity index (χ3v) is 4.03. The summed E-state index contributed by atoms with van der Waals surface area (Å²) in [5, 5.41) is 16.5. The van der Waals surface area contributed by atoms with E-state index < -0.39 is 0 Å². The average molecular weight is 301 g/mol. The summed E-state index contributed by atoms with van der Waals surface area (Å²) in [6.45, 7) is 3.85. The summed E-state index contributed by atoms with van der Waals surface area (Å²) >= 11 is 1.49. The number of rotatable bonds is 4. The summed E-state index contributed by atoms with van der Waals surface area (Å²) in [5.74, 6) is 0.849. The molecule has 1 amide bonds. The number of nitrogens with zero attached hydrogens (tertiary/aromatic N) is 4. The number of fused-ring (bicyclic) bond motifs is 1. The second-order valence-corrected chi connectivity index (χ2v) is 5.51. The Bertz CT molecular complexity index is 792. The Morgan fingerprint density at radius 2 is 2.19 bits per heavy atom. The maximum atomic E-state index is 11.5.